The Morgan fingerprint density at radius 2 is 1.87 bits per heavy atom. The van der Waals surface area contributed by atoms with Gasteiger partial charge in [-0.3, -0.25) is 14.4 Å². The number of aryl methyl sites for hydroxylation is 1. The molecule has 1 aromatic heterocycles. The van der Waals surface area contributed by atoms with E-state index in [1.165, 1.54) is 19.3 Å². The number of hydrogen-bond acceptors (Lipinski definition) is 4. The number of para-hydroxylation sites is 1. The minimum absolute atomic E-state index is 0.0483. The number of hydrogen-bond donors (Lipinski definition) is 1. The molecule has 0 spiro atoms. The second kappa shape index (κ2) is 10.8. The van der Waals surface area contributed by atoms with Gasteiger partial charge in [0.15, 0.2) is 0 Å². The fourth-order valence-electron chi connectivity index (χ4n) is 4.55. The average molecular weight is 427 g/mol. The van der Waals surface area contributed by atoms with Crippen molar-refractivity contribution in [3.63, 3.8) is 0 Å². The summed E-state index contributed by atoms with van der Waals surface area (Å²) in [5.74, 6) is 1.45. The molecule has 170 valence electrons. The van der Waals surface area contributed by atoms with Crippen LogP contribution in [0.15, 0.2) is 24.3 Å². The van der Waals surface area contributed by atoms with Crippen molar-refractivity contribution in [1.82, 2.24) is 20.0 Å². The van der Waals surface area contributed by atoms with E-state index in [1.807, 2.05) is 29.8 Å². The lowest BCUT2D eigenvalue weighted by molar-refractivity contribution is -0.120. The molecule has 1 saturated heterocycles. The van der Waals surface area contributed by atoms with E-state index < -0.39 is 0 Å². The molecule has 0 bridgehead atoms. The zero-order valence-corrected chi connectivity index (χ0v) is 19.8. The number of nitrogens with zero attached hydrogens (tertiary/aromatic N) is 3. The molecule has 6 heteroatoms. The Morgan fingerprint density at radius 3 is 2.55 bits per heavy atom. The number of amides is 1. The average Bonchev–Trinajstić information content (AvgIpc) is 3.01. The van der Waals surface area contributed by atoms with Crippen molar-refractivity contribution in [3.05, 3.63) is 46.8 Å². The van der Waals surface area contributed by atoms with Crippen molar-refractivity contribution in [1.29, 1.82) is 0 Å². The third-order valence-electron chi connectivity index (χ3n) is 6.23. The van der Waals surface area contributed by atoms with Gasteiger partial charge in [-0.1, -0.05) is 38.5 Å². The van der Waals surface area contributed by atoms with Gasteiger partial charge in [0.1, 0.15) is 5.75 Å². The van der Waals surface area contributed by atoms with Gasteiger partial charge in [-0.05, 0) is 51.8 Å². The number of ether oxygens (including phenoxy) is 1. The molecular weight excluding hydrogens is 388 g/mol. The summed E-state index contributed by atoms with van der Waals surface area (Å²) in [6, 6.07) is 8.28. The Hall–Kier alpha value is -2.34. The molecule has 1 N–H and O–H groups in total. The Bertz CT molecular complexity index is 868. The monoisotopic (exact) mass is 426 g/mol. The second-order valence-corrected chi connectivity index (χ2v) is 9.06. The summed E-state index contributed by atoms with van der Waals surface area (Å²) in [4.78, 5) is 15.4. The fourth-order valence-corrected chi connectivity index (χ4v) is 4.55. The molecule has 1 aromatic carbocycles. The molecule has 0 radical (unpaired) electrons. The van der Waals surface area contributed by atoms with Gasteiger partial charge in [-0.25, -0.2) is 0 Å². The molecule has 6 nitrogen and oxygen atoms in total. The Morgan fingerprint density at radius 1 is 1.16 bits per heavy atom. The van der Waals surface area contributed by atoms with Crippen LogP contribution in [0.4, 0.5) is 0 Å². The van der Waals surface area contributed by atoms with Gasteiger partial charge in [0.05, 0.1) is 25.3 Å². The van der Waals surface area contributed by atoms with Crippen LogP contribution in [0.3, 0.4) is 0 Å². The van der Waals surface area contributed by atoms with Gasteiger partial charge < -0.3 is 10.1 Å². The number of benzene rings is 1. The van der Waals surface area contributed by atoms with Crippen molar-refractivity contribution >= 4 is 5.91 Å². The summed E-state index contributed by atoms with van der Waals surface area (Å²) in [6.07, 6.45) is 4.05. The smallest absolute Gasteiger partial charge is 0.224 e. The first-order valence-electron chi connectivity index (χ1n) is 11.6. The van der Waals surface area contributed by atoms with Gasteiger partial charge in [0, 0.05) is 29.9 Å². The van der Waals surface area contributed by atoms with Gasteiger partial charge in [-0.15, -0.1) is 0 Å². The van der Waals surface area contributed by atoms with E-state index >= 15 is 0 Å². The van der Waals surface area contributed by atoms with Crippen LogP contribution in [-0.2, 0) is 17.8 Å². The summed E-state index contributed by atoms with van der Waals surface area (Å²) in [5.41, 5.74) is 4.23. The number of rotatable bonds is 9. The SMILES string of the molecule is COc1ccccc1C(CNC(=O)Cc1c(C)nn(CC(C)C)c1C)N1CCCCC1. The molecule has 1 fully saturated rings. The quantitative estimate of drug-likeness (QED) is 0.657. The predicted molar refractivity (Wildman–Crippen MR) is 124 cm³/mol. The lowest BCUT2D eigenvalue weighted by atomic mass is 10.0. The number of nitrogens with one attached hydrogen (secondary N) is 1. The molecular formula is C25H38N4O2. The molecule has 0 saturated carbocycles. The van der Waals surface area contributed by atoms with Crippen molar-refractivity contribution in [3.8, 4) is 5.75 Å². The molecule has 1 aliphatic rings. The molecule has 2 aromatic rings. The molecule has 0 aliphatic carbocycles. The van der Waals surface area contributed by atoms with E-state index in [-0.39, 0.29) is 11.9 Å². The number of aromatic nitrogens is 2. The number of carbonyl (C=O) groups excluding carboxylic acids is 1. The topological polar surface area (TPSA) is 59.4 Å². The zero-order chi connectivity index (χ0) is 22.4. The molecule has 1 aliphatic heterocycles. The van der Waals surface area contributed by atoms with E-state index in [0.29, 0.717) is 18.9 Å². The normalized spacial score (nSPS) is 15.8. The molecule has 2 heterocycles. The minimum atomic E-state index is 0.0483. The van der Waals surface area contributed by atoms with E-state index in [0.717, 1.165) is 47.9 Å². The summed E-state index contributed by atoms with van der Waals surface area (Å²) < 4.78 is 7.67. The van der Waals surface area contributed by atoms with Crippen LogP contribution in [0.1, 0.15) is 61.7 Å². The lowest BCUT2D eigenvalue weighted by Crippen LogP contribution is -2.41. The van der Waals surface area contributed by atoms with Gasteiger partial charge in [-0.2, -0.15) is 5.10 Å². The highest BCUT2D eigenvalue weighted by atomic mass is 16.5. The Balaban J connectivity index is 1.71. The first kappa shape index (κ1) is 23.3. The van der Waals surface area contributed by atoms with Crippen LogP contribution < -0.4 is 10.1 Å². The van der Waals surface area contributed by atoms with Crippen LogP contribution in [0, 0.1) is 19.8 Å². The second-order valence-electron chi connectivity index (χ2n) is 9.06. The molecule has 1 unspecified atom stereocenters. The number of carbonyl (C=O) groups is 1. The predicted octanol–water partition coefficient (Wildman–Crippen LogP) is 4.05. The maximum atomic E-state index is 12.9. The van der Waals surface area contributed by atoms with Crippen molar-refractivity contribution in [2.24, 2.45) is 5.92 Å². The van der Waals surface area contributed by atoms with Gasteiger partial charge in [0.25, 0.3) is 0 Å². The Kier molecular flexibility index (Phi) is 8.13. The number of likely N-dealkylation sites (tertiary alicyclic amines) is 1. The van der Waals surface area contributed by atoms with Crippen LogP contribution in [0.2, 0.25) is 0 Å². The largest absolute Gasteiger partial charge is 0.496 e. The maximum absolute atomic E-state index is 12.9. The highest BCUT2D eigenvalue weighted by molar-refractivity contribution is 5.79. The van der Waals surface area contributed by atoms with Crippen molar-refractivity contribution in [2.45, 2.75) is 66.0 Å². The third kappa shape index (κ3) is 5.88. The minimum Gasteiger partial charge on any atom is -0.496 e. The summed E-state index contributed by atoms with van der Waals surface area (Å²) in [6.45, 7) is 12.0. The molecule has 3 rings (SSSR count). The molecule has 1 atom stereocenters. The zero-order valence-electron chi connectivity index (χ0n) is 19.8. The Labute approximate surface area is 187 Å². The highest BCUT2D eigenvalue weighted by Crippen LogP contribution is 2.31. The van der Waals surface area contributed by atoms with Crippen LogP contribution in [0.25, 0.3) is 0 Å². The van der Waals surface area contributed by atoms with E-state index in [1.54, 1.807) is 7.11 Å². The van der Waals surface area contributed by atoms with Crippen molar-refractivity contribution in [2.75, 3.05) is 26.7 Å². The summed E-state index contributed by atoms with van der Waals surface area (Å²) in [5, 5.41) is 7.86. The first-order valence-corrected chi connectivity index (χ1v) is 11.6. The van der Waals surface area contributed by atoms with Crippen LogP contribution in [0.5, 0.6) is 5.75 Å². The summed E-state index contributed by atoms with van der Waals surface area (Å²) in [7, 11) is 1.71. The van der Waals surface area contributed by atoms with E-state index in [9.17, 15) is 4.79 Å². The first-order chi connectivity index (χ1) is 14.9. The molecule has 1 amide bonds. The van der Waals surface area contributed by atoms with Crippen LogP contribution >= 0.6 is 0 Å². The fraction of sp³-hybridized carbons (Fsp3) is 0.600. The number of piperidine rings is 1. The van der Waals surface area contributed by atoms with E-state index in [4.69, 9.17) is 4.74 Å². The number of methoxy groups -OCH3 is 1. The van der Waals surface area contributed by atoms with Gasteiger partial charge >= 0.3 is 0 Å². The van der Waals surface area contributed by atoms with E-state index in [2.05, 4.69) is 42.2 Å². The van der Waals surface area contributed by atoms with Gasteiger partial charge in [0.2, 0.25) is 5.91 Å². The molecule has 31 heavy (non-hydrogen) atoms. The highest BCUT2D eigenvalue weighted by Gasteiger charge is 2.25. The lowest BCUT2D eigenvalue weighted by Gasteiger charge is -2.35. The maximum Gasteiger partial charge on any atom is 0.224 e. The third-order valence-corrected chi connectivity index (χ3v) is 6.23. The summed E-state index contributed by atoms with van der Waals surface area (Å²) >= 11 is 0. The van der Waals surface area contributed by atoms with Crippen molar-refractivity contribution < 1.29 is 9.53 Å². The van der Waals surface area contributed by atoms with Crippen LogP contribution in [-0.4, -0.2) is 47.3 Å². The standard InChI is InChI=1S/C25H38N4O2/c1-18(2)17-29-20(4)22(19(3)27-29)15-25(30)26-16-23(28-13-9-6-10-14-28)21-11-7-8-12-24(21)31-5/h7-8,11-12,18,23H,6,9-10,13-17H2,1-5H3,(H,26,30).